The van der Waals surface area contributed by atoms with Crippen molar-refractivity contribution in [2.24, 2.45) is 0 Å². The topological polar surface area (TPSA) is 0 Å². The quantitative estimate of drug-likeness (QED) is 0.589. The first-order valence-electron chi connectivity index (χ1n) is 5.94. The van der Waals surface area contributed by atoms with Gasteiger partial charge in [-0.3, -0.25) is 0 Å². The van der Waals surface area contributed by atoms with Crippen LogP contribution in [0.2, 0.25) is 0 Å². The molecule has 0 N–H and O–H groups in total. The zero-order chi connectivity index (χ0) is 9.83. The van der Waals surface area contributed by atoms with Gasteiger partial charge >= 0.3 is 0 Å². The van der Waals surface area contributed by atoms with Gasteiger partial charge < -0.3 is 0 Å². The van der Waals surface area contributed by atoms with Gasteiger partial charge in [0.05, 0.1) is 0 Å². The molecule has 2 aromatic rings. The molecule has 0 saturated heterocycles. The van der Waals surface area contributed by atoms with Gasteiger partial charge in [-0.2, -0.15) is 0 Å². The van der Waals surface area contributed by atoms with Crippen LogP contribution in [0.5, 0.6) is 0 Å². The molecule has 0 unspecified atom stereocenters. The highest BCUT2D eigenvalue weighted by atomic mass is 14.4. The lowest BCUT2D eigenvalue weighted by Gasteiger charge is -2.15. The molecule has 2 aliphatic rings. The third kappa shape index (κ3) is 0.971. The molecular weight excluding hydrogens is 180 g/mol. The van der Waals surface area contributed by atoms with E-state index in [4.69, 9.17) is 0 Å². The van der Waals surface area contributed by atoms with Crippen LogP contribution in [0.1, 0.15) is 42.2 Å². The van der Waals surface area contributed by atoms with Gasteiger partial charge in [0.2, 0.25) is 0 Å². The lowest BCUT2D eigenvalue weighted by Crippen LogP contribution is -1.97. The van der Waals surface area contributed by atoms with Crippen molar-refractivity contribution >= 4 is 10.8 Å². The summed E-state index contributed by atoms with van der Waals surface area (Å²) in [6, 6.07) is 13.6. The predicted molar refractivity (Wildman–Crippen MR) is 63.3 cm³/mol. The highest BCUT2D eigenvalue weighted by Gasteiger charge is 2.36. The summed E-state index contributed by atoms with van der Waals surface area (Å²) in [5, 5.41) is 2.84. The first kappa shape index (κ1) is 7.92. The Kier molecular flexibility index (Phi) is 1.39. The maximum absolute atomic E-state index is 2.44. The average Bonchev–Trinajstić information content (AvgIpc) is 2.87. The van der Waals surface area contributed by atoms with Gasteiger partial charge in [-0.25, -0.2) is 0 Å². The van der Waals surface area contributed by atoms with Gasteiger partial charge in [0.1, 0.15) is 0 Å². The minimum atomic E-state index is 0.884. The van der Waals surface area contributed by atoms with Crippen molar-refractivity contribution in [1.29, 1.82) is 0 Å². The van der Waals surface area contributed by atoms with Crippen molar-refractivity contribution in [3.63, 3.8) is 0 Å². The lowest BCUT2D eigenvalue weighted by molar-refractivity contribution is 0.719. The Balaban J connectivity index is 2.06. The molecule has 74 valence electrons. The van der Waals surface area contributed by atoms with Gasteiger partial charge in [0, 0.05) is 0 Å². The first-order chi connectivity index (χ1) is 7.42. The number of hydrogen-bond donors (Lipinski definition) is 0. The fourth-order valence-corrected chi connectivity index (χ4v) is 3.53. The molecule has 0 nitrogen and oxygen atoms in total. The highest BCUT2D eigenvalue weighted by Crippen LogP contribution is 2.53. The van der Waals surface area contributed by atoms with E-state index in [1.54, 1.807) is 11.1 Å². The zero-order valence-corrected chi connectivity index (χ0v) is 8.74. The van der Waals surface area contributed by atoms with Gasteiger partial charge in [-0.05, 0) is 53.0 Å². The number of fused-ring (bicyclic) bond motifs is 6. The summed E-state index contributed by atoms with van der Waals surface area (Å²) in [5.41, 5.74) is 3.31. The Morgan fingerprint density at radius 3 is 1.87 bits per heavy atom. The summed E-state index contributed by atoms with van der Waals surface area (Å²) in [5.74, 6) is 1.77. The Morgan fingerprint density at radius 1 is 0.800 bits per heavy atom. The molecule has 2 bridgehead atoms. The molecule has 0 aliphatic heterocycles. The minimum absolute atomic E-state index is 0.884. The normalized spacial score (nSPS) is 27.2. The van der Waals surface area contributed by atoms with Gasteiger partial charge in [0.25, 0.3) is 0 Å². The Morgan fingerprint density at radius 2 is 1.33 bits per heavy atom. The summed E-state index contributed by atoms with van der Waals surface area (Å²) in [6.45, 7) is 0. The Hall–Kier alpha value is -1.30. The van der Waals surface area contributed by atoms with E-state index in [0.29, 0.717) is 0 Å². The van der Waals surface area contributed by atoms with E-state index in [1.165, 1.54) is 30.0 Å². The lowest BCUT2D eigenvalue weighted by atomic mass is 9.89. The molecule has 1 fully saturated rings. The summed E-state index contributed by atoms with van der Waals surface area (Å²) in [6.07, 6.45) is 4.28. The van der Waals surface area contributed by atoms with Gasteiger partial charge in [-0.15, -0.1) is 0 Å². The van der Waals surface area contributed by atoms with Crippen LogP contribution < -0.4 is 0 Å². The molecule has 0 heteroatoms. The van der Waals surface area contributed by atoms with Crippen molar-refractivity contribution in [3.8, 4) is 0 Å². The van der Waals surface area contributed by atoms with E-state index in [2.05, 4.69) is 36.4 Å². The number of hydrogen-bond acceptors (Lipinski definition) is 0. The van der Waals surface area contributed by atoms with Crippen molar-refractivity contribution in [2.45, 2.75) is 31.1 Å². The molecule has 2 aromatic carbocycles. The van der Waals surface area contributed by atoms with E-state index < -0.39 is 0 Å². The van der Waals surface area contributed by atoms with Crippen LogP contribution in [-0.2, 0) is 0 Å². The van der Waals surface area contributed by atoms with Crippen LogP contribution in [0.4, 0.5) is 0 Å². The Bertz CT molecular complexity index is 490. The van der Waals surface area contributed by atoms with Crippen LogP contribution in [0.25, 0.3) is 10.8 Å². The standard InChI is InChI=1S/C15H14/c1-2-4-11-9-15-13-6-5-12(7-13)14(15)8-10(11)3-1/h1-4,8-9,12-13H,5-7H2/t12-,13+. The maximum Gasteiger partial charge on any atom is -0.0153 e. The fourth-order valence-electron chi connectivity index (χ4n) is 3.53. The summed E-state index contributed by atoms with van der Waals surface area (Å²) >= 11 is 0. The highest BCUT2D eigenvalue weighted by molar-refractivity contribution is 5.84. The molecule has 0 radical (unpaired) electrons. The first-order valence-corrected chi connectivity index (χ1v) is 5.94. The van der Waals surface area contributed by atoms with Gasteiger partial charge in [-0.1, -0.05) is 36.4 Å². The van der Waals surface area contributed by atoms with Crippen LogP contribution in [0.15, 0.2) is 36.4 Å². The summed E-state index contributed by atoms with van der Waals surface area (Å²) in [7, 11) is 0. The van der Waals surface area contributed by atoms with E-state index in [0.717, 1.165) is 11.8 Å². The predicted octanol–water partition coefficient (Wildman–Crippen LogP) is 4.20. The minimum Gasteiger partial charge on any atom is -0.0616 e. The molecule has 0 aromatic heterocycles. The second-order valence-corrected chi connectivity index (χ2v) is 5.04. The third-order valence-corrected chi connectivity index (χ3v) is 4.26. The molecule has 15 heavy (non-hydrogen) atoms. The molecular formula is C15H14. The molecule has 4 rings (SSSR count). The smallest absolute Gasteiger partial charge is 0.0153 e. The second kappa shape index (κ2) is 2.63. The summed E-state index contributed by atoms with van der Waals surface area (Å²) in [4.78, 5) is 0. The number of rotatable bonds is 0. The van der Waals surface area contributed by atoms with Crippen molar-refractivity contribution < 1.29 is 0 Å². The third-order valence-electron chi connectivity index (χ3n) is 4.26. The molecule has 0 amide bonds. The van der Waals surface area contributed by atoms with E-state index >= 15 is 0 Å². The largest absolute Gasteiger partial charge is 0.0616 e. The van der Waals surface area contributed by atoms with Crippen LogP contribution in [-0.4, -0.2) is 0 Å². The number of benzene rings is 2. The van der Waals surface area contributed by atoms with E-state index in [1.807, 2.05) is 0 Å². The average molecular weight is 194 g/mol. The van der Waals surface area contributed by atoms with Crippen molar-refractivity contribution in [1.82, 2.24) is 0 Å². The Labute approximate surface area is 89.9 Å². The zero-order valence-electron chi connectivity index (χ0n) is 8.74. The maximum atomic E-state index is 2.44. The molecule has 0 spiro atoms. The van der Waals surface area contributed by atoms with Crippen LogP contribution in [0, 0.1) is 0 Å². The van der Waals surface area contributed by atoms with E-state index in [9.17, 15) is 0 Å². The molecule has 0 heterocycles. The fraction of sp³-hybridized carbons (Fsp3) is 0.333. The molecule has 2 atom stereocenters. The van der Waals surface area contributed by atoms with Crippen LogP contribution in [0.3, 0.4) is 0 Å². The summed E-state index contributed by atoms with van der Waals surface area (Å²) < 4.78 is 0. The monoisotopic (exact) mass is 194 g/mol. The second-order valence-electron chi connectivity index (χ2n) is 5.04. The van der Waals surface area contributed by atoms with Crippen molar-refractivity contribution in [2.75, 3.05) is 0 Å². The van der Waals surface area contributed by atoms with Crippen molar-refractivity contribution in [3.05, 3.63) is 47.5 Å². The SMILES string of the molecule is c1ccc2cc3c(cc2c1)[C@@H]1CC[C@H]3C1. The van der Waals surface area contributed by atoms with Crippen LogP contribution >= 0.6 is 0 Å². The van der Waals surface area contributed by atoms with E-state index in [-0.39, 0.29) is 0 Å². The van der Waals surface area contributed by atoms with Gasteiger partial charge in [0.15, 0.2) is 0 Å². The molecule has 2 aliphatic carbocycles. The molecule has 1 saturated carbocycles.